The van der Waals surface area contributed by atoms with Crippen LogP contribution in [0.4, 0.5) is 13.2 Å². The van der Waals surface area contributed by atoms with Gasteiger partial charge in [-0.3, -0.25) is 0 Å². The molecule has 1 fully saturated rings. The molecule has 0 bridgehead atoms. The van der Waals surface area contributed by atoms with Crippen LogP contribution in [0.1, 0.15) is 58.4 Å². The summed E-state index contributed by atoms with van der Waals surface area (Å²) in [5.41, 5.74) is 5.76. The van der Waals surface area contributed by atoms with E-state index in [-0.39, 0.29) is 11.0 Å². The molecule has 118 valence electrons. The van der Waals surface area contributed by atoms with E-state index in [4.69, 9.17) is 5.73 Å². The van der Waals surface area contributed by atoms with Crippen molar-refractivity contribution in [1.82, 2.24) is 0 Å². The third-order valence-corrected chi connectivity index (χ3v) is 5.47. The number of nitrogens with two attached hydrogens (primary N) is 1. The van der Waals surface area contributed by atoms with Gasteiger partial charge in [-0.05, 0) is 43.1 Å². The van der Waals surface area contributed by atoms with Gasteiger partial charge in [0.15, 0.2) is 17.5 Å². The largest absolute Gasteiger partial charge is 0.321 e. The minimum Gasteiger partial charge on any atom is -0.321 e. The fraction of sp³-hybridized carbons (Fsp3) is 0.647. The monoisotopic (exact) mass is 299 g/mol. The van der Waals surface area contributed by atoms with Gasteiger partial charge in [-0.15, -0.1) is 0 Å². The van der Waals surface area contributed by atoms with Crippen molar-refractivity contribution in [3.8, 4) is 0 Å². The Kier molecular flexibility index (Phi) is 4.39. The Hall–Kier alpha value is -1.03. The molecule has 0 saturated heterocycles. The second-order valence-corrected chi connectivity index (χ2v) is 7.00. The van der Waals surface area contributed by atoms with Crippen molar-refractivity contribution >= 4 is 0 Å². The van der Waals surface area contributed by atoms with Gasteiger partial charge in [0.1, 0.15) is 0 Å². The van der Waals surface area contributed by atoms with E-state index >= 15 is 0 Å². The normalized spacial score (nSPS) is 26.9. The van der Waals surface area contributed by atoms with Gasteiger partial charge in [-0.2, -0.15) is 0 Å². The number of hydrogen-bond acceptors (Lipinski definition) is 1. The van der Waals surface area contributed by atoms with E-state index in [2.05, 4.69) is 20.8 Å². The Balaban J connectivity index is 2.22. The molecular formula is C17H24F3N. The summed E-state index contributed by atoms with van der Waals surface area (Å²) in [4.78, 5) is 0. The second-order valence-electron chi connectivity index (χ2n) is 7.00. The smallest absolute Gasteiger partial charge is 0.194 e. The summed E-state index contributed by atoms with van der Waals surface area (Å²) < 4.78 is 40.5. The average molecular weight is 299 g/mol. The van der Waals surface area contributed by atoms with Crippen LogP contribution in [0, 0.1) is 28.8 Å². The predicted molar refractivity (Wildman–Crippen MR) is 78.2 cm³/mol. The molecule has 1 saturated carbocycles. The Labute approximate surface area is 124 Å². The fourth-order valence-corrected chi connectivity index (χ4v) is 3.38. The molecule has 0 amide bonds. The zero-order valence-corrected chi connectivity index (χ0v) is 13.0. The first kappa shape index (κ1) is 16.3. The predicted octanol–water partition coefficient (Wildman–Crippen LogP) is 4.88. The van der Waals surface area contributed by atoms with Crippen molar-refractivity contribution in [1.29, 1.82) is 0 Å². The highest BCUT2D eigenvalue weighted by Crippen LogP contribution is 2.46. The number of rotatable bonds is 3. The topological polar surface area (TPSA) is 26.0 Å². The van der Waals surface area contributed by atoms with Crippen molar-refractivity contribution < 1.29 is 13.2 Å². The van der Waals surface area contributed by atoms with E-state index in [1.807, 2.05) is 0 Å². The van der Waals surface area contributed by atoms with Crippen LogP contribution < -0.4 is 5.73 Å². The highest BCUT2D eigenvalue weighted by atomic mass is 19.2. The first-order valence-corrected chi connectivity index (χ1v) is 7.64. The van der Waals surface area contributed by atoms with E-state index in [1.165, 1.54) is 6.07 Å². The Morgan fingerprint density at radius 3 is 2.24 bits per heavy atom. The van der Waals surface area contributed by atoms with Crippen molar-refractivity contribution in [3.05, 3.63) is 35.1 Å². The molecule has 0 aromatic heterocycles. The minimum absolute atomic E-state index is 0.106. The van der Waals surface area contributed by atoms with Crippen LogP contribution >= 0.6 is 0 Å². The molecule has 0 radical (unpaired) electrons. The lowest BCUT2D eigenvalue weighted by molar-refractivity contribution is 0.113. The molecule has 0 atom stereocenters. The molecule has 4 heteroatoms. The van der Waals surface area contributed by atoms with Crippen LogP contribution in [-0.4, -0.2) is 0 Å². The Morgan fingerprint density at radius 1 is 1.14 bits per heavy atom. The maximum atomic E-state index is 14.0. The van der Waals surface area contributed by atoms with Crippen LogP contribution in [-0.2, 0) is 5.54 Å². The molecule has 1 aliphatic rings. The van der Waals surface area contributed by atoms with E-state index in [9.17, 15) is 13.2 Å². The minimum atomic E-state index is -1.42. The highest BCUT2D eigenvalue weighted by molar-refractivity contribution is 5.28. The van der Waals surface area contributed by atoms with Gasteiger partial charge in [0.2, 0.25) is 0 Å². The molecule has 21 heavy (non-hydrogen) atoms. The summed E-state index contributed by atoms with van der Waals surface area (Å²) in [5, 5.41) is 0. The number of halogens is 3. The zero-order chi connectivity index (χ0) is 15.8. The zero-order valence-electron chi connectivity index (χ0n) is 13.0. The summed E-state index contributed by atoms with van der Waals surface area (Å²) in [6.07, 6.45) is 4.05. The maximum Gasteiger partial charge on any atom is 0.194 e. The third-order valence-electron chi connectivity index (χ3n) is 5.47. The number of benzene rings is 1. The molecule has 0 unspecified atom stereocenters. The van der Waals surface area contributed by atoms with E-state index in [0.717, 1.165) is 25.3 Å². The van der Waals surface area contributed by atoms with E-state index < -0.39 is 23.0 Å². The fourth-order valence-electron chi connectivity index (χ4n) is 3.38. The van der Waals surface area contributed by atoms with Gasteiger partial charge in [0.05, 0.1) is 0 Å². The summed E-state index contributed by atoms with van der Waals surface area (Å²) in [6.45, 7) is 6.64. The molecule has 0 spiro atoms. The lowest BCUT2D eigenvalue weighted by atomic mass is 9.64. The van der Waals surface area contributed by atoms with Crippen molar-refractivity contribution in [2.45, 2.75) is 58.4 Å². The van der Waals surface area contributed by atoms with E-state index in [0.29, 0.717) is 18.8 Å². The molecule has 1 aromatic carbocycles. The maximum absolute atomic E-state index is 14.0. The molecule has 2 N–H and O–H groups in total. The average Bonchev–Trinajstić information content (AvgIpc) is 2.45. The summed E-state index contributed by atoms with van der Waals surface area (Å²) in [6, 6.07) is 2.25. The molecule has 1 aliphatic carbocycles. The van der Waals surface area contributed by atoms with Gasteiger partial charge in [0.25, 0.3) is 0 Å². The van der Waals surface area contributed by atoms with Crippen LogP contribution in [0.25, 0.3) is 0 Å². The molecule has 2 rings (SSSR count). The van der Waals surface area contributed by atoms with Gasteiger partial charge in [-0.25, -0.2) is 13.2 Å². The molecule has 0 aliphatic heterocycles. The van der Waals surface area contributed by atoms with Gasteiger partial charge >= 0.3 is 0 Å². The Bertz CT molecular complexity index is 517. The lowest BCUT2D eigenvalue weighted by Gasteiger charge is -2.43. The van der Waals surface area contributed by atoms with Crippen molar-refractivity contribution in [2.24, 2.45) is 17.1 Å². The van der Waals surface area contributed by atoms with Crippen LogP contribution in [0.15, 0.2) is 12.1 Å². The molecule has 1 aromatic rings. The van der Waals surface area contributed by atoms with Crippen LogP contribution in [0.3, 0.4) is 0 Å². The summed E-state index contributed by atoms with van der Waals surface area (Å²) in [7, 11) is 0. The molecular weight excluding hydrogens is 275 g/mol. The highest BCUT2D eigenvalue weighted by Gasteiger charge is 2.40. The summed E-state index contributed by atoms with van der Waals surface area (Å²) in [5.74, 6) is -3.19. The van der Waals surface area contributed by atoms with Gasteiger partial charge < -0.3 is 5.73 Å². The van der Waals surface area contributed by atoms with Gasteiger partial charge in [0, 0.05) is 11.1 Å². The Morgan fingerprint density at radius 2 is 1.71 bits per heavy atom. The molecule has 1 nitrogen and oxygen atoms in total. The lowest BCUT2D eigenvalue weighted by Crippen LogP contribution is -2.43. The first-order chi connectivity index (χ1) is 9.71. The molecule has 0 heterocycles. The third kappa shape index (κ3) is 2.96. The van der Waals surface area contributed by atoms with Gasteiger partial charge in [-0.1, -0.05) is 33.3 Å². The quantitative estimate of drug-likeness (QED) is 0.791. The number of hydrogen-bond donors (Lipinski definition) is 1. The summed E-state index contributed by atoms with van der Waals surface area (Å²) >= 11 is 0. The van der Waals surface area contributed by atoms with Crippen LogP contribution in [0.2, 0.25) is 0 Å². The second kappa shape index (κ2) is 5.64. The SMILES string of the molecule is CCC(C)(C)C1CCC(N)(c2ccc(F)c(F)c2F)CC1. The van der Waals surface area contributed by atoms with Crippen LogP contribution in [0.5, 0.6) is 0 Å². The van der Waals surface area contributed by atoms with Crippen molar-refractivity contribution in [2.75, 3.05) is 0 Å². The standard InChI is InChI=1S/C17H24F3N/c1-4-16(2,3)11-7-9-17(21,10-8-11)12-5-6-13(18)15(20)14(12)19/h5-6,11H,4,7-10,21H2,1-3H3. The van der Waals surface area contributed by atoms with Crippen molar-refractivity contribution in [3.63, 3.8) is 0 Å². The first-order valence-electron chi connectivity index (χ1n) is 7.64. The van der Waals surface area contributed by atoms with E-state index in [1.54, 1.807) is 0 Å².